The molecule has 0 radical (unpaired) electrons. The SMILES string of the molecule is COc1cc(CNCC2(O)CCOCC2)c2c(c1)C[C@@H](C)O2. The van der Waals surface area contributed by atoms with Crippen molar-refractivity contribution in [3.05, 3.63) is 23.3 Å². The van der Waals surface area contributed by atoms with E-state index in [-0.39, 0.29) is 6.10 Å². The van der Waals surface area contributed by atoms with E-state index in [2.05, 4.69) is 12.2 Å². The fourth-order valence-corrected chi connectivity index (χ4v) is 3.19. The van der Waals surface area contributed by atoms with Crippen LogP contribution in [0.2, 0.25) is 0 Å². The fraction of sp³-hybridized carbons (Fsp3) is 0.647. The van der Waals surface area contributed by atoms with Crippen molar-refractivity contribution in [2.24, 2.45) is 0 Å². The smallest absolute Gasteiger partial charge is 0.127 e. The maximum atomic E-state index is 10.5. The first-order chi connectivity index (χ1) is 10.6. The molecule has 0 unspecified atom stereocenters. The van der Waals surface area contributed by atoms with Crippen molar-refractivity contribution < 1.29 is 19.3 Å². The number of benzene rings is 1. The maximum Gasteiger partial charge on any atom is 0.127 e. The third-order valence-electron chi connectivity index (χ3n) is 4.47. The highest BCUT2D eigenvalue weighted by Gasteiger charge is 2.29. The molecule has 1 aromatic carbocycles. The van der Waals surface area contributed by atoms with E-state index in [0.29, 0.717) is 39.1 Å². The molecule has 2 aliphatic heterocycles. The summed E-state index contributed by atoms with van der Waals surface area (Å²) in [4.78, 5) is 0. The van der Waals surface area contributed by atoms with E-state index >= 15 is 0 Å². The quantitative estimate of drug-likeness (QED) is 0.866. The van der Waals surface area contributed by atoms with Gasteiger partial charge in [0.2, 0.25) is 0 Å². The number of aliphatic hydroxyl groups is 1. The molecule has 0 bridgehead atoms. The van der Waals surface area contributed by atoms with Crippen LogP contribution in [0.15, 0.2) is 12.1 Å². The molecule has 1 atom stereocenters. The molecule has 2 N–H and O–H groups in total. The van der Waals surface area contributed by atoms with Gasteiger partial charge in [0, 0.05) is 56.7 Å². The number of ether oxygens (including phenoxy) is 3. The number of nitrogens with one attached hydrogen (secondary N) is 1. The van der Waals surface area contributed by atoms with Crippen LogP contribution in [0.4, 0.5) is 0 Å². The molecular formula is C17H25NO4. The first-order valence-electron chi connectivity index (χ1n) is 7.97. The van der Waals surface area contributed by atoms with Crippen molar-refractivity contribution >= 4 is 0 Å². The third-order valence-corrected chi connectivity index (χ3v) is 4.47. The lowest BCUT2D eigenvalue weighted by molar-refractivity contribution is -0.0617. The lowest BCUT2D eigenvalue weighted by atomic mass is 9.94. The molecule has 1 aromatic rings. The second-order valence-corrected chi connectivity index (χ2v) is 6.35. The normalized spacial score (nSPS) is 23.0. The van der Waals surface area contributed by atoms with Crippen molar-refractivity contribution in [3.8, 4) is 11.5 Å². The maximum absolute atomic E-state index is 10.5. The average Bonchev–Trinajstić information content (AvgIpc) is 2.88. The summed E-state index contributed by atoms with van der Waals surface area (Å²) in [6, 6.07) is 4.06. The van der Waals surface area contributed by atoms with Gasteiger partial charge in [-0.1, -0.05) is 0 Å². The minimum atomic E-state index is -0.658. The van der Waals surface area contributed by atoms with Gasteiger partial charge in [0.15, 0.2) is 0 Å². The molecular weight excluding hydrogens is 282 g/mol. The zero-order chi connectivity index (χ0) is 15.6. The van der Waals surface area contributed by atoms with Crippen LogP contribution in [-0.4, -0.2) is 43.7 Å². The van der Waals surface area contributed by atoms with E-state index in [9.17, 15) is 5.11 Å². The molecule has 22 heavy (non-hydrogen) atoms. The summed E-state index contributed by atoms with van der Waals surface area (Å²) < 4.78 is 16.6. The van der Waals surface area contributed by atoms with Crippen molar-refractivity contribution in [2.45, 2.75) is 44.4 Å². The summed E-state index contributed by atoms with van der Waals surface area (Å²) >= 11 is 0. The summed E-state index contributed by atoms with van der Waals surface area (Å²) in [5.41, 5.74) is 1.64. The molecule has 0 amide bonds. The zero-order valence-electron chi connectivity index (χ0n) is 13.4. The Morgan fingerprint density at radius 1 is 1.36 bits per heavy atom. The average molecular weight is 307 g/mol. The van der Waals surface area contributed by atoms with Gasteiger partial charge in [0.25, 0.3) is 0 Å². The topological polar surface area (TPSA) is 60.0 Å². The van der Waals surface area contributed by atoms with Crippen LogP contribution in [-0.2, 0) is 17.7 Å². The van der Waals surface area contributed by atoms with E-state index in [0.717, 1.165) is 23.5 Å². The van der Waals surface area contributed by atoms with Crippen LogP contribution in [0.5, 0.6) is 11.5 Å². The van der Waals surface area contributed by atoms with Gasteiger partial charge in [0.05, 0.1) is 12.7 Å². The predicted molar refractivity (Wildman–Crippen MR) is 83.5 cm³/mol. The van der Waals surface area contributed by atoms with Gasteiger partial charge in [-0.25, -0.2) is 0 Å². The Morgan fingerprint density at radius 3 is 2.86 bits per heavy atom. The molecule has 5 heteroatoms. The Hall–Kier alpha value is -1.30. The first kappa shape index (κ1) is 15.6. The third kappa shape index (κ3) is 3.37. The molecule has 5 nitrogen and oxygen atoms in total. The Bertz CT molecular complexity index is 526. The molecule has 0 spiro atoms. The second-order valence-electron chi connectivity index (χ2n) is 6.35. The van der Waals surface area contributed by atoms with Gasteiger partial charge < -0.3 is 24.6 Å². The van der Waals surface area contributed by atoms with Crippen molar-refractivity contribution in [1.29, 1.82) is 0 Å². The number of hydrogen-bond acceptors (Lipinski definition) is 5. The number of rotatable bonds is 5. The van der Waals surface area contributed by atoms with Gasteiger partial charge >= 0.3 is 0 Å². The van der Waals surface area contributed by atoms with Crippen LogP contribution < -0.4 is 14.8 Å². The van der Waals surface area contributed by atoms with Gasteiger partial charge in [-0.15, -0.1) is 0 Å². The largest absolute Gasteiger partial charge is 0.497 e. The highest BCUT2D eigenvalue weighted by molar-refractivity contribution is 5.49. The predicted octanol–water partition coefficient (Wildman–Crippen LogP) is 1.65. The highest BCUT2D eigenvalue weighted by Crippen LogP contribution is 2.36. The molecule has 3 rings (SSSR count). The number of methoxy groups -OCH3 is 1. The molecule has 1 fully saturated rings. The standard InChI is InChI=1S/C17H25NO4/c1-12-7-13-8-15(20-2)9-14(16(13)22-12)10-18-11-17(19)3-5-21-6-4-17/h8-9,12,18-19H,3-7,10-11H2,1-2H3/t12-/m1/s1. The Kier molecular flexibility index (Phi) is 4.57. The molecule has 0 aromatic heterocycles. The number of hydrogen-bond donors (Lipinski definition) is 2. The summed E-state index contributed by atoms with van der Waals surface area (Å²) in [6.45, 7) is 4.57. The fourth-order valence-electron chi connectivity index (χ4n) is 3.19. The van der Waals surface area contributed by atoms with E-state index in [1.54, 1.807) is 7.11 Å². The Labute approximate surface area is 131 Å². The van der Waals surface area contributed by atoms with Crippen molar-refractivity contribution in [1.82, 2.24) is 5.32 Å². The van der Waals surface area contributed by atoms with Crippen LogP contribution in [0.3, 0.4) is 0 Å². The van der Waals surface area contributed by atoms with E-state index in [1.165, 1.54) is 5.56 Å². The molecule has 1 saturated heterocycles. The molecule has 0 saturated carbocycles. The summed E-state index contributed by atoms with van der Waals surface area (Å²) in [5, 5.41) is 13.9. The Balaban J connectivity index is 1.66. The second kappa shape index (κ2) is 6.44. The van der Waals surface area contributed by atoms with Crippen LogP contribution in [0, 0.1) is 0 Å². The minimum absolute atomic E-state index is 0.209. The summed E-state index contributed by atoms with van der Waals surface area (Å²) in [7, 11) is 1.68. The highest BCUT2D eigenvalue weighted by atomic mass is 16.5. The zero-order valence-corrected chi connectivity index (χ0v) is 13.4. The van der Waals surface area contributed by atoms with Gasteiger partial charge in [0.1, 0.15) is 17.6 Å². The molecule has 122 valence electrons. The van der Waals surface area contributed by atoms with Crippen LogP contribution in [0.1, 0.15) is 30.9 Å². The van der Waals surface area contributed by atoms with Crippen molar-refractivity contribution in [2.75, 3.05) is 26.9 Å². The lowest BCUT2D eigenvalue weighted by Gasteiger charge is -2.32. The minimum Gasteiger partial charge on any atom is -0.497 e. The van der Waals surface area contributed by atoms with Gasteiger partial charge in [-0.3, -0.25) is 0 Å². The molecule has 2 heterocycles. The molecule has 0 aliphatic carbocycles. The van der Waals surface area contributed by atoms with Gasteiger partial charge in [-0.2, -0.15) is 0 Å². The van der Waals surface area contributed by atoms with Crippen LogP contribution >= 0.6 is 0 Å². The summed E-state index contributed by atoms with van der Waals surface area (Å²) in [6.07, 6.45) is 2.49. The number of fused-ring (bicyclic) bond motifs is 1. The Morgan fingerprint density at radius 2 is 2.14 bits per heavy atom. The van der Waals surface area contributed by atoms with Crippen molar-refractivity contribution in [3.63, 3.8) is 0 Å². The van der Waals surface area contributed by atoms with E-state index in [1.807, 2.05) is 12.1 Å². The first-order valence-corrected chi connectivity index (χ1v) is 7.97. The van der Waals surface area contributed by atoms with Gasteiger partial charge in [-0.05, 0) is 19.1 Å². The summed E-state index contributed by atoms with van der Waals surface area (Å²) in [5.74, 6) is 1.83. The van der Waals surface area contributed by atoms with E-state index in [4.69, 9.17) is 14.2 Å². The molecule has 2 aliphatic rings. The van der Waals surface area contributed by atoms with Crippen LogP contribution in [0.25, 0.3) is 0 Å². The monoisotopic (exact) mass is 307 g/mol. The lowest BCUT2D eigenvalue weighted by Crippen LogP contribution is -2.44. The van der Waals surface area contributed by atoms with E-state index < -0.39 is 5.60 Å².